The predicted octanol–water partition coefficient (Wildman–Crippen LogP) is 4.13. The summed E-state index contributed by atoms with van der Waals surface area (Å²) in [5.41, 5.74) is -1.12. The molecule has 0 aromatic heterocycles. The minimum atomic E-state index is -0.883. The summed E-state index contributed by atoms with van der Waals surface area (Å²) in [7, 11) is 0. The molecule has 0 radical (unpaired) electrons. The first-order chi connectivity index (χ1) is 10.8. The van der Waals surface area contributed by atoms with Crippen LogP contribution in [0.3, 0.4) is 0 Å². The highest BCUT2D eigenvalue weighted by molar-refractivity contribution is 6.04. The fraction of sp³-hybridized carbons (Fsp3) is 0.526. The van der Waals surface area contributed by atoms with E-state index in [1.165, 1.54) is 0 Å². The lowest BCUT2D eigenvalue weighted by Crippen LogP contribution is -2.57. The second-order valence-corrected chi connectivity index (χ2v) is 6.99. The molecule has 4 nitrogen and oxygen atoms in total. The van der Waals surface area contributed by atoms with Gasteiger partial charge in [-0.2, -0.15) is 10.5 Å². The average Bonchev–Trinajstić information content (AvgIpc) is 2.52. The number of Topliss-reactive ketones (excluding diaryl/α,β-unsaturated/α-hetero) is 1. The smallest absolute Gasteiger partial charge is 0.176 e. The molecule has 2 unspecified atom stereocenters. The molecule has 1 aromatic carbocycles. The van der Waals surface area contributed by atoms with Gasteiger partial charge in [-0.3, -0.25) is 4.79 Å². The summed E-state index contributed by atoms with van der Waals surface area (Å²) in [5, 5.41) is 18.5. The first-order valence-electron chi connectivity index (χ1n) is 7.89. The number of ether oxygens (including phenoxy) is 1. The Hall–Kier alpha value is -2.33. The maximum Gasteiger partial charge on any atom is 0.176 e. The Morgan fingerprint density at radius 2 is 1.61 bits per heavy atom. The quantitative estimate of drug-likeness (QED) is 0.838. The number of nitrogens with zero attached hydrogens (tertiary/aromatic N) is 2. The van der Waals surface area contributed by atoms with Crippen LogP contribution in [0.2, 0.25) is 0 Å². The van der Waals surface area contributed by atoms with Crippen molar-refractivity contribution in [1.29, 1.82) is 10.5 Å². The number of ketones is 1. The minimum absolute atomic E-state index is 0.0199. The van der Waals surface area contributed by atoms with Crippen LogP contribution in [0.5, 0.6) is 5.75 Å². The molecular formula is C19H22N2O2. The number of hydrogen-bond donors (Lipinski definition) is 0. The van der Waals surface area contributed by atoms with E-state index in [9.17, 15) is 15.3 Å². The number of carbonyl (C=O) groups is 1. The highest BCUT2D eigenvalue weighted by atomic mass is 16.5. The Balaban J connectivity index is 2.61. The van der Waals surface area contributed by atoms with Gasteiger partial charge in [-0.15, -0.1) is 0 Å². The van der Waals surface area contributed by atoms with E-state index in [0.717, 1.165) is 0 Å². The van der Waals surface area contributed by atoms with Crippen molar-refractivity contribution >= 4 is 5.78 Å². The first kappa shape index (κ1) is 17.0. The SMILES string of the molecule is CC(C#N)CC1(CC(C)C#N)C(=O)c2ccccc2OC1(C)C. The molecule has 0 amide bonds. The highest BCUT2D eigenvalue weighted by Crippen LogP contribution is 2.52. The molecule has 0 N–H and O–H groups in total. The van der Waals surface area contributed by atoms with Gasteiger partial charge in [0, 0.05) is 11.8 Å². The fourth-order valence-corrected chi connectivity index (χ4v) is 3.54. The van der Waals surface area contributed by atoms with Crippen molar-refractivity contribution < 1.29 is 9.53 Å². The molecular weight excluding hydrogens is 288 g/mol. The van der Waals surface area contributed by atoms with Crippen LogP contribution in [0.4, 0.5) is 0 Å². The van der Waals surface area contributed by atoms with E-state index >= 15 is 0 Å². The van der Waals surface area contributed by atoms with Gasteiger partial charge in [-0.25, -0.2) is 0 Å². The lowest BCUT2D eigenvalue weighted by molar-refractivity contribution is -0.0453. The zero-order valence-electron chi connectivity index (χ0n) is 14.1. The summed E-state index contributed by atoms with van der Waals surface area (Å²) in [6.07, 6.45) is 0.769. The molecule has 0 bridgehead atoms. The molecule has 1 heterocycles. The lowest BCUT2D eigenvalue weighted by Gasteiger charge is -2.50. The van der Waals surface area contributed by atoms with Crippen LogP contribution in [-0.4, -0.2) is 11.4 Å². The Morgan fingerprint density at radius 3 is 2.13 bits per heavy atom. The van der Waals surface area contributed by atoms with Crippen molar-refractivity contribution in [3.63, 3.8) is 0 Å². The van der Waals surface area contributed by atoms with Gasteiger partial charge in [0.1, 0.15) is 11.4 Å². The Kier molecular flexibility index (Phi) is 4.48. The van der Waals surface area contributed by atoms with Crippen LogP contribution in [0, 0.1) is 39.9 Å². The van der Waals surface area contributed by atoms with Gasteiger partial charge >= 0.3 is 0 Å². The Bertz CT molecular complexity index is 672. The monoisotopic (exact) mass is 310 g/mol. The van der Waals surface area contributed by atoms with Crippen molar-refractivity contribution in [1.82, 2.24) is 0 Å². The number of para-hydroxylation sites is 1. The van der Waals surface area contributed by atoms with E-state index in [2.05, 4.69) is 12.1 Å². The van der Waals surface area contributed by atoms with Crippen molar-refractivity contribution in [3.05, 3.63) is 29.8 Å². The van der Waals surface area contributed by atoms with Crippen LogP contribution in [0.25, 0.3) is 0 Å². The lowest BCUT2D eigenvalue weighted by atomic mass is 9.59. The van der Waals surface area contributed by atoms with Crippen molar-refractivity contribution in [2.75, 3.05) is 0 Å². The van der Waals surface area contributed by atoms with E-state index in [1.54, 1.807) is 12.1 Å². The van der Waals surface area contributed by atoms with Gasteiger partial charge in [-0.1, -0.05) is 12.1 Å². The second kappa shape index (κ2) is 6.05. The number of carbonyl (C=O) groups excluding carboxylic acids is 1. The molecule has 1 aromatic rings. The van der Waals surface area contributed by atoms with Crippen LogP contribution in [-0.2, 0) is 0 Å². The maximum absolute atomic E-state index is 13.4. The number of rotatable bonds is 4. The van der Waals surface area contributed by atoms with Crippen LogP contribution in [0.15, 0.2) is 24.3 Å². The summed E-state index contributed by atoms with van der Waals surface area (Å²) < 4.78 is 6.16. The topological polar surface area (TPSA) is 73.9 Å². The Morgan fingerprint density at radius 1 is 1.09 bits per heavy atom. The summed E-state index contributed by atoms with van der Waals surface area (Å²) in [5.74, 6) is -0.0307. The zero-order chi connectivity index (χ0) is 17.3. The zero-order valence-corrected chi connectivity index (χ0v) is 14.1. The van der Waals surface area contributed by atoms with Gasteiger partial charge in [-0.05, 0) is 52.7 Å². The number of hydrogen-bond acceptors (Lipinski definition) is 4. The average molecular weight is 310 g/mol. The van der Waals surface area contributed by atoms with Gasteiger partial charge in [0.05, 0.1) is 23.1 Å². The molecule has 0 fully saturated rings. The number of nitriles is 2. The van der Waals surface area contributed by atoms with Crippen LogP contribution < -0.4 is 4.74 Å². The second-order valence-electron chi connectivity index (χ2n) is 6.99. The molecule has 120 valence electrons. The number of fused-ring (bicyclic) bond motifs is 1. The molecule has 0 saturated carbocycles. The highest BCUT2D eigenvalue weighted by Gasteiger charge is 2.57. The minimum Gasteiger partial charge on any atom is -0.486 e. The summed E-state index contributed by atoms with van der Waals surface area (Å²) >= 11 is 0. The molecule has 0 spiro atoms. The van der Waals surface area contributed by atoms with Gasteiger partial charge in [0.2, 0.25) is 0 Å². The summed E-state index contributed by atoms with van der Waals surface area (Å²) in [6, 6.07) is 11.6. The molecule has 1 aliphatic rings. The molecule has 23 heavy (non-hydrogen) atoms. The summed E-state index contributed by atoms with van der Waals surface area (Å²) in [6.45, 7) is 7.38. The van der Waals surface area contributed by atoms with E-state index in [1.807, 2.05) is 39.8 Å². The maximum atomic E-state index is 13.4. The van der Waals surface area contributed by atoms with Crippen molar-refractivity contribution in [3.8, 4) is 17.9 Å². The fourth-order valence-electron chi connectivity index (χ4n) is 3.54. The first-order valence-corrected chi connectivity index (χ1v) is 7.89. The Labute approximate surface area is 137 Å². The molecule has 2 rings (SSSR count). The van der Waals surface area contributed by atoms with E-state index in [4.69, 9.17) is 4.74 Å². The molecule has 4 heteroatoms. The van der Waals surface area contributed by atoms with Crippen LogP contribution >= 0.6 is 0 Å². The summed E-state index contributed by atoms with van der Waals surface area (Å²) in [4.78, 5) is 13.4. The van der Waals surface area contributed by atoms with Crippen molar-refractivity contribution in [2.45, 2.75) is 46.1 Å². The molecule has 0 saturated heterocycles. The normalized spacial score (nSPS) is 24.5. The molecule has 0 aliphatic carbocycles. The standard InChI is InChI=1S/C19H22N2O2/c1-13(11-20)9-19(10-14(2)12-21)17(22)15-7-5-6-8-16(15)23-18(19,3)4/h5-8,13-14H,9-10H2,1-4H3. The third kappa shape index (κ3) is 2.82. The van der Waals surface area contributed by atoms with Gasteiger partial charge in [0.25, 0.3) is 0 Å². The predicted molar refractivity (Wildman–Crippen MR) is 86.7 cm³/mol. The van der Waals surface area contributed by atoms with E-state index in [0.29, 0.717) is 24.2 Å². The van der Waals surface area contributed by atoms with Gasteiger partial charge < -0.3 is 4.74 Å². The number of benzene rings is 1. The van der Waals surface area contributed by atoms with Crippen molar-refractivity contribution in [2.24, 2.45) is 17.3 Å². The third-order valence-electron chi connectivity index (χ3n) is 4.83. The molecule has 2 atom stereocenters. The van der Waals surface area contributed by atoms with Gasteiger partial charge in [0.15, 0.2) is 5.78 Å². The largest absolute Gasteiger partial charge is 0.486 e. The third-order valence-corrected chi connectivity index (χ3v) is 4.83. The van der Waals surface area contributed by atoms with Crippen LogP contribution in [0.1, 0.15) is 50.9 Å². The van der Waals surface area contributed by atoms with E-state index in [-0.39, 0.29) is 17.6 Å². The molecule has 1 aliphatic heterocycles. The van der Waals surface area contributed by atoms with E-state index < -0.39 is 11.0 Å².